The Bertz CT molecular complexity index is 115. The summed E-state index contributed by atoms with van der Waals surface area (Å²) >= 11 is 0. The Hall–Kier alpha value is -0.0400. The molecule has 0 saturated heterocycles. The van der Waals surface area contributed by atoms with Crippen molar-refractivity contribution in [2.24, 2.45) is 11.8 Å². The average molecular weight is 126 g/mol. The summed E-state index contributed by atoms with van der Waals surface area (Å²) in [7, 11) is 0. The molecular weight excluding hydrogens is 112 g/mol. The zero-order valence-electron chi connectivity index (χ0n) is 5.93. The van der Waals surface area contributed by atoms with Crippen LogP contribution in [0.1, 0.15) is 32.6 Å². The topological polar surface area (TPSA) is 20.2 Å². The lowest BCUT2D eigenvalue weighted by Gasteiger charge is -2.04. The van der Waals surface area contributed by atoms with Gasteiger partial charge in [-0.05, 0) is 31.6 Å². The third-order valence-corrected chi connectivity index (χ3v) is 3.16. The van der Waals surface area contributed by atoms with E-state index in [1.54, 1.807) is 0 Å². The van der Waals surface area contributed by atoms with E-state index in [4.69, 9.17) is 0 Å². The molecule has 2 atom stereocenters. The average Bonchev–Trinajstić information content (AvgIpc) is 2.39. The van der Waals surface area contributed by atoms with Crippen LogP contribution in [0.15, 0.2) is 0 Å². The Morgan fingerprint density at radius 3 is 2.00 bits per heavy atom. The van der Waals surface area contributed by atoms with Crippen molar-refractivity contribution < 1.29 is 5.11 Å². The molecule has 2 aliphatic rings. The van der Waals surface area contributed by atoms with Gasteiger partial charge in [0.25, 0.3) is 0 Å². The highest BCUT2D eigenvalue weighted by Crippen LogP contribution is 2.58. The summed E-state index contributed by atoms with van der Waals surface area (Å²) in [6, 6.07) is 0. The van der Waals surface area contributed by atoms with Gasteiger partial charge in [-0.15, -0.1) is 0 Å². The summed E-state index contributed by atoms with van der Waals surface area (Å²) in [6.07, 6.45) is 5.24. The van der Waals surface area contributed by atoms with E-state index in [0.717, 1.165) is 0 Å². The Balaban J connectivity index is 2.06. The van der Waals surface area contributed by atoms with Crippen LogP contribution in [0.4, 0.5) is 0 Å². The van der Waals surface area contributed by atoms with Crippen molar-refractivity contribution in [3.05, 3.63) is 0 Å². The second-order valence-electron chi connectivity index (χ2n) is 3.72. The van der Waals surface area contributed by atoms with Gasteiger partial charge in [0.1, 0.15) is 0 Å². The van der Waals surface area contributed by atoms with Gasteiger partial charge in [-0.3, -0.25) is 0 Å². The molecule has 2 unspecified atom stereocenters. The van der Waals surface area contributed by atoms with Gasteiger partial charge < -0.3 is 5.11 Å². The minimum absolute atomic E-state index is 0.253. The van der Waals surface area contributed by atoms with E-state index in [1.165, 1.54) is 25.7 Å². The van der Waals surface area contributed by atoms with Crippen molar-refractivity contribution in [1.82, 2.24) is 0 Å². The predicted molar refractivity (Wildman–Crippen MR) is 36.1 cm³/mol. The Labute approximate surface area is 56.1 Å². The quantitative estimate of drug-likeness (QED) is 0.522. The molecule has 0 aromatic heterocycles. The molecule has 0 bridgehead atoms. The maximum absolute atomic E-state index is 9.59. The van der Waals surface area contributed by atoms with Gasteiger partial charge in [-0.25, -0.2) is 0 Å². The SMILES string of the molecule is CC1(O)C2CCCCC21. The lowest BCUT2D eigenvalue weighted by molar-refractivity contribution is 0.139. The highest BCUT2D eigenvalue weighted by molar-refractivity contribution is 5.10. The normalized spacial score (nSPS) is 56.7. The fourth-order valence-corrected chi connectivity index (χ4v) is 2.40. The van der Waals surface area contributed by atoms with Crippen LogP contribution in [0.25, 0.3) is 0 Å². The van der Waals surface area contributed by atoms with E-state index >= 15 is 0 Å². The zero-order valence-corrected chi connectivity index (χ0v) is 5.93. The predicted octanol–water partition coefficient (Wildman–Crippen LogP) is 1.56. The maximum atomic E-state index is 9.59. The molecular formula is C8H14O. The summed E-state index contributed by atoms with van der Waals surface area (Å²) in [5.74, 6) is 1.34. The van der Waals surface area contributed by atoms with Crippen molar-refractivity contribution in [3.63, 3.8) is 0 Å². The van der Waals surface area contributed by atoms with Gasteiger partial charge in [0, 0.05) is 0 Å². The lowest BCUT2D eigenvalue weighted by atomic mass is 10.0. The molecule has 0 radical (unpaired) electrons. The van der Waals surface area contributed by atoms with Crippen LogP contribution < -0.4 is 0 Å². The molecule has 1 N–H and O–H groups in total. The van der Waals surface area contributed by atoms with E-state index in [1.807, 2.05) is 6.92 Å². The third kappa shape index (κ3) is 0.644. The minimum Gasteiger partial charge on any atom is -0.390 e. The molecule has 2 rings (SSSR count). The number of hydrogen-bond acceptors (Lipinski definition) is 1. The summed E-state index contributed by atoms with van der Waals surface area (Å²) in [5.41, 5.74) is -0.253. The fourth-order valence-electron chi connectivity index (χ4n) is 2.40. The number of aliphatic hydroxyl groups is 1. The largest absolute Gasteiger partial charge is 0.390 e. The first-order chi connectivity index (χ1) is 4.23. The Morgan fingerprint density at radius 2 is 1.67 bits per heavy atom. The van der Waals surface area contributed by atoms with Crippen LogP contribution in [-0.2, 0) is 0 Å². The van der Waals surface area contributed by atoms with Gasteiger partial charge >= 0.3 is 0 Å². The van der Waals surface area contributed by atoms with Crippen molar-refractivity contribution >= 4 is 0 Å². The van der Waals surface area contributed by atoms with Crippen LogP contribution in [0, 0.1) is 11.8 Å². The molecule has 1 nitrogen and oxygen atoms in total. The highest BCUT2D eigenvalue weighted by Gasteiger charge is 2.60. The van der Waals surface area contributed by atoms with Crippen LogP contribution in [0.2, 0.25) is 0 Å². The van der Waals surface area contributed by atoms with Crippen LogP contribution in [0.5, 0.6) is 0 Å². The molecule has 1 heteroatoms. The van der Waals surface area contributed by atoms with Crippen molar-refractivity contribution in [3.8, 4) is 0 Å². The van der Waals surface area contributed by atoms with E-state index < -0.39 is 0 Å². The molecule has 2 aliphatic carbocycles. The lowest BCUT2D eigenvalue weighted by Crippen LogP contribution is -2.04. The van der Waals surface area contributed by atoms with Gasteiger partial charge in [0.15, 0.2) is 0 Å². The summed E-state index contributed by atoms with van der Waals surface area (Å²) in [5, 5.41) is 9.59. The number of rotatable bonds is 0. The standard InChI is InChI=1S/C8H14O/c1-8(9)6-4-2-3-5-7(6)8/h6-7,9H,2-5H2,1H3. The molecule has 0 heterocycles. The van der Waals surface area contributed by atoms with Crippen molar-refractivity contribution in [2.45, 2.75) is 38.2 Å². The molecule has 9 heavy (non-hydrogen) atoms. The smallest absolute Gasteiger partial charge is 0.0683 e. The van der Waals surface area contributed by atoms with Crippen molar-refractivity contribution in [2.75, 3.05) is 0 Å². The first-order valence-corrected chi connectivity index (χ1v) is 3.95. The molecule has 0 aliphatic heterocycles. The first-order valence-electron chi connectivity index (χ1n) is 3.95. The Kier molecular flexibility index (Phi) is 0.963. The van der Waals surface area contributed by atoms with Crippen molar-refractivity contribution in [1.29, 1.82) is 0 Å². The molecule has 2 fully saturated rings. The maximum Gasteiger partial charge on any atom is 0.0683 e. The summed E-state index contributed by atoms with van der Waals surface area (Å²) < 4.78 is 0. The molecule has 0 amide bonds. The van der Waals surface area contributed by atoms with Crippen LogP contribution in [-0.4, -0.2) is 10.7 Å². The van der Waals surface area contributed by atoms with E-state index in [2.05, 4.69) is 0 Å². The monoisotopic (exact) mass is 126 g/mol. The van der Waals surface area contributed by atoms with Gasteiger partial charge in [-0.1, -0.05) is 12.8 Å². The molecule has 0 aromatic rings. The molecule has 52 valence electrons. The second-order valence-corrected chi connectivity index (χ2v) is 3.72. The third-order valence-electron chi connectivity index (χ3n) is 3.16. The van der Waals surface area contributed by atoms with Gasteiger partial charge in [0.05, 0.1) is 5.60 Å². The van der Waals surface area contributed by atoms with Crippen LogP contribution >= 0.6 is 0 Å². The van der Waals surface area contributed by atoms with E-state index in [-0.39, 0.29) is 5.60 Å². The summed E-state index contributed by atoms with van der Waals surface area (Å²) in [6.45, 7) is 1.99. The molecule has 2 saturated carbocycles. The number of fused-ring (bicyclic) bond motifs is 1. The van der Waals surface area contributed by atoms with Gasteiger partial charge in [-0.2, -0.15) is 0 Å². The zero-order chi connectivity index (χ0) is 6.48. The second kappa shape index (κ2) is 1.51. The van der Waals surface area contributed by atoms with Gasteiger partial charge in [0.2, 0.25) is 0 Å². The Morgan fingerprint density at radius 1 is 1.22 bits per heavy atom. The first kappa shape index (κ1) is 5.72. The fraction of sp³-hybridized carbons (Fsp3) is 1.00. The molecule has 0 spiro atoms. The number of hydrogen-bond donors (Lipinski definition) is 1. The minimum atomic E-state index is -0.253. The summed E-state index contributed by atoms with van der Waals surface area (Å²) in [4.78, 5) is 0. The van der Waals surface area contributed by atoms with Crippen LogP contribution in [0.3, 0.4) is 0 Å². The highest BCUT2D eigenvalue weighted by atomic mass is 16.3. The molecule has 0 aromatic carbocycles. The van der Waals surface area contributed by atoms with E-state index in [0.29, 0.717) is 11.8 Å². The van der Waals surface area contributed by atoms with E-state index in [9.17, 15) is 5.11 Å².